The monoisotopic (exact) mass is 303 g/mol. The van der Waals surface area contributed by atoms with Crippen molar-refractivity contribution < 1.29 is 4.79 Å². The number of aromatic nitrogens is 1. The van der Waals surface area contributed by atoms with Crippen molar-refractivity contribution in [3.63, 3.8) is 0 Å². The molecule has 0 aliphatic heterocycles. The molecule has 1 saturated carbocycles. The van der Waals surface area contributed by atoms with E-state index in [4.69, 9.17) is 0 Å². The standard InChI is InChI=1S/C16H21N3OS/c1-19(2)14(20)16(9-5-6-10-16)11-17-15-18-12-7-3-4-8-13(12)21-15/h3-4,7-8H,5-6,9-11H2,1-2H3,(H,17,18). The zero-order valence-corrected chi connectivity index (χ0v) is 13.4. The highest BCUT2D eigenvalue weighted by Crippen LogP contribution is 2.40. The van der Waals surface area contributed by atoms with Gasteiger partial charge in [-0.1, -0.05) is 36.3 Å². The number of carbonyl (C=O) groups excluding carboxylic acids is 1. The van der Waals surface area contributed by atoms with Crippen molar-refractivity contribution in [2.24, 2.45) is 5.41 Å². The highest BCUT2D eigenvalue weighted by atomic mass is 32.1. The minimum atomic E-state index is -0.249. The van der Waals surface area contributed by atoms with Crippen LogP contribution in [0.15, 0.2) is 24.3 Å². The topological polar surface area (TPSA) is 45.2 Å². The fourth-order valence-electron chi connectivity index (χ4n) is 3.19. The smallest absolute Gasteiger partial charge is 0.230 e. The summed E-state index contributed by atoms with van der Waals surface area (Å²) < 4.78 is 1.18. The molecule has 0 saturated heterocycles. The van der Waals surface area contributed by atoms with E-state index in [1.165, 1.54) is 4.70 Å². The maximum atomic E-state index is 12.5. The Morgan fingerprint density at radius 1 is 1.33 bits per heavy atom. The molecule has 4 nitrogen and oxygen atoms in total. The molecule has 0 spiro atoms. The molecule has 5 heteroatoms. The first kappa shape index (κ1) is 14.3. The van der Waals surface area contributed by atoms with E-state index in [0.717, 1.165) is 36.3 Å². The zero-order chi connectivity index (χ0) is 14.9. The Labute approximate surface area is 129 Å². The number of hydrogen-bond donors (Lipinski definition) is 1. The molecule has 1 heterocycles. The molecule has 2 aromatic rings. The quantitative estimate of drug-likeness (QED) is 0.942. The van der Waals surface area contributed by atoms with Gasteiger partial charge in [0.25, 0.3) is 0 Å². The van der Waals surface area contributed by atoms with Gasteiger partial charge in [-0.25, -0.2) is 4.98 Å². The third-order valence-corrected chi connectivity index (χ3v) is 5.29. The summed E-state index contributed by atoms with van der Waals surface area (Å²) in [5, 5.41) is 4.32. The molecular formula is C16H21N3OS. The molecule has 1 aromatic heterocycles. The first-order valence-electron chi connectivity index (χ1n) is 7.42. The van der Waals surface area contributed by atoms with E-state index < -0.39 is 0 Å². The fourth-order valence-corrected chi connectivity index (χ4v) is 4.05. The van der Waals surface area contributed by atoms with Gasteiger partial charge in [-0.05, 0) is 25.0 Å². The SMILES string of the molecule is CN(C)C(=O)C1(CNc2nc3ccccc3s2)CCCC1. The summed E-state index contributed by atoms with van der Waals surface area (Å²) >= 11 is 1.65. The molecule has 1 amide bonds. The second kappa shape index (κ2) is 5.64. The molecule has 1 aliphatic rings. The molecule has 0 bridgehead atoms. The Kier molecular flexibility index (Phi) is 3.85. The molecule has 1 aromatic carbocycles. The molecule has 0 radical (unpaired) electrons. The van der Waals surface area contributed by atoms with Crippen LogP contribution >= 0.6 is 11.3 Å². The van der Waals surface area contributed by atoms with Crippen molar-refractivity contribution in [2.45, 2.75) is 25.7 Å². The normalized spacial score (nSPS) is 17.0. The second-order valence-corrected chi connectivity index (χ2v) is 7.06. The number of para-hydroxylation sites is 1. The lowest BCUT2D eigenvalue weighted by atomic mass is 9.84. The van der Waals surface area contributed by atoms with Crippen molar-refractivity contribution in [1.29, 1.82) is 0 Å². The van der Waals surface area contributed by atoms with Crippen LogP contribution in [-0.4, -0.2) is 36.4 Å². The predicted molar refractivity (Wildman–Crippen MR) is 87.7 cm³/mol. The molecule has 1 aliphatic carbocycles. The first-order valence-corrected chi connectivity index (χ1v) is 8.24. The maximum absolute atomic E-state index is 12.5. The number of nitrogens with zero attached hydrogens (tertiary/aromatic N) is 2. The van der Waals surface area contributed by atoms with Crippen LogP contribution < -0.4 is 5.32 Å². The largest absolute Gasteiger partial charge is 0.360 e. The van der Waals surface area contributed by atoms with Gasteiger partial charge in [0.2, 0.25) is 5.91 Å². The molecule has 112 valence electrons. The summed E-state index contributed by atoms with van der Waals surface area (Å²) in [5.74, 6) is 0.244. The molecule has 1 fully saturated rings. The predicted octanol–water partition coefficient (Wildman–Crippen LogP) is 3.36. The number of anilines is 1. The van der Waals surface area contributed by atoms with Gasteiger partial charge < -0.3 is 10.2 Å². The minimum absolute atomic E-state index is 0.244. The Bertz CT molecular complexity index is 611. The van der Waals surface area contributed by atoms with Crippen LogP contribution in [-0.2, 0) is 4.79 Å². The maximum Gasteiger partial charge on any atom is 0.230 e. The molecule has 1 N–H and O–H groups in total. The number of thiazole rings is 1. The summed E-state index contributed by atoms with van der Waals surface area (Å²) in [7, 11) is 3.69. The lowest BCUT2D eigenvalue weighted by Gasteiger charge is -2.30. The Morgan fingerprint density at radius 2 is 2.05 bits per heavy atom. The Hall–Kier alpha value is -1.62. The van der Waals surface area contributed by atoms with Gasteiger partial charge in [0.1, 0.15) is 0 Å². The van der Waals surface area contributed by atoms with E-state index in [-0.39, 0.29) is 11.3 Å². The fraction of sp³-hybridized carbons (Fsp3) is 0.500. The van der Waals surface area contributed by atoms with E-state index >= 15 is 0 Å². The van der Waals surface area contributed by atoms with Crippen molar-refractivity contribution in [1.82, 2.24) is 9.88 Å². The summed E-state index contributed by atoms with van der Waals surface area (Å²) in [6.07, 6.45) is 4.23. The van der Waals surface area contributed by atoms with Crippen molar-refractivity contribution in [3.8, 4) is 0 Å². The third-order valence-electron chi connectivity index (χ3n) is 4.29. The van der Waals surface area contributed by atoms with Crippen molar-refractivity contribution in [3.05, 3.63) is 24.3 Å². The van der Waals surface area contributed by atoms with Crippen LogP contribution in [0.1, 0.15) is 25.7 Å². The van der Waals surface area contributed by atoms with E-state index in [2.05, 4.69) is 16.4 Å². The van der Waals surface area contributed by atoms with Crippen LogP contribution in [0.5, 0.6) is 0 Å². The molecule has 3 rings (SSSR count). The number of fused-ring (bicyclic) bond motifs is 1. The van der Waals surface area contributed by atoms with E-state index in [0.29, 0.717) is 6.54 Å². The average molecular weight is 303 g/mol. The number of rotatable bonds is 4. The Morgan fingerprint density at radius 3 is 2.71 bits per heavy atom. The molecule has 21 heavy (non-hydrogen) atoms. The molecule has 0 unspecified atom stereocenters. The average Bonchev–Trinajstić information content (AvgIpc) is 3.11. The van der Waals surface area contributed by atoms with Crippen molar-refractivity contribution >= 4 is 32.6 Å². The summed E-state index contributed by atoms with van der Waals surface area (Å²) in [6.45, 7) is 0.684. The Balaban J connectivity index is 1.76. The number of amides is 1. The van der Waals surface area contributed by atoms with E-state index in [1.54, 1.807) is 16.2 Å². The summed E-state index contributed by atoms with van der Waals surface area (Å²) in [4.78, 5) is 18.8. The third kappa shape index (κ3) is 2.75. The van der Waals surface area contributed by atoms with Gasteiger partial charge in [-0.2, -0.15) is 0 Å². The van der Waals surface area contributed by atoms with Crippen LogP contribution in [0.4, 0.5) is 5.13 Å². The van der Waals surface area contributed by atoms with Gasteiger partial charge in [0.05, 0.1) is 15.6 Å². The van der Waals surface area contributed by atoms with Gasteiger partial charge in [-0.15, -0.1) is 0 Å². The van der Waals surface area contributed by atoms with Crippen LogP contribution in [0.25, 0.3) is 10.2 Å². The first-order chi connectivity index (χ1) is 10.1. The second-order valence-electron chi connectivity index (χ2n) is 6.03. The van der Waals surface area contributed by atoms with Crippen LogP contribution in [0, 0.1) is 5.41 Å². The zero-order valence-electron chi connectivity index (χ0n) is 12.6. The van der Waals surface area contributed by atoms with Gasteiger partial charge >= 0.3 is 0 Å². The number of hydrogen-bond acceptors (Lipinski definition) is 4. The van der Waals surface area contributed by atoms with Gasteiger partial charge in [0.15, 0.2) is 5.13 Å². The number of carbonyl (C=O) groups is 1. The van der Waals surface area contributed by atoms with Crippen LogP contribution in [0.2, 0.25) is 0 Å². The van der Waals surface area contributed by atoms with Gasteiger partial charge in [-0.3, -0.25) is 4.79 Å². The van der Waals surface area contributed by atoms with Crippen LogP contribution in [0.3, 0.4) is 0 Å². The lowest BCUT2D eigenvalue weighted by Crippen LogP contribution is -2.43. The summed E-state index contributed by atoms with van der Waals surface area (Å²) in [6, 6.07) is 8.13. The highest BCUT2D eigenvalue weighted by Gasteiger charge is 2.41. The van der Waals surface area contributed by atoms with Gasteiger partial charge in [0, 0.05) is 20.6 Å². The van der Waals surface area contributed by atoms with E-state index in [1.807, 2.05) is 32.3 Å². The van der Waals surface area contributed by atoms with E-state index in [9.17, 15) is 4.79 Å². The summed E-state index contributed by atoms with van der Waals surface area (Å²) in [5.41, 5.74) is 0.769. The highest BCUT2D eigenvalue weighted by molar-refractivity contribution is 7.22. The molecular weight excluding hydrogens is 282 g/mol. The minimum Gasteiger partial charge on any atom is -0.360 e. The van der Waals surface area contributed by atoms with Crippen molar-refractivity contribution in [2.75, 3.05) is 26.0 Å². The lowest BCUT2D eigenvalue weighted by molar-refractivity contribution is -0.138. The molecule has 0 atom stereocenters. The number of nitrogens with one attached hydrogen (secondary N) is 1. The number of benzene rings is 1.